The van der Waals surface area contributed by atoms with Gasteiger partial charge < -0.3 is 19.1 Å². The van der Waals surface area contributed by atoms with E-state index >= 15 is 0 Å². The number of hydrogen-bond acceptors (Lipinski definition) is 6. The summed E-state index contributed by atoms with van der Waals surface area (Å²) in [7, 11) is 3.35. The van der Waals surface area contributed by atoms with Crippen LogP contribution in [0.3, 0.4) is 0 Å². The molecule has 1 aromatic heterocycles. The Morgan fingerprint density at radius 1 is 1.22 bits per heavy atom. The maximum atomic E-state index is 12.6. The van der Waals surface area contributed by atoms with E-state index in [4.69, 9.17) is 14.2 Å². The van der Waals surface area contributed by atoms with E-state index in [0.29, 0.717) is 31.0 Å². The predicted molar refractivity (Wildman–Crippen MR) is 96.8 cm³/mol. The van der Waals surface area contributed by atoms with E-state index in [1.54, 1.807) is 42.8 Å². The molecular weight excluding hydrogens is 350 g/mol. The Kier molecular flexibility index (Phi) is 5.63. The molecule has 3 rings (SSSR count). The molecule has 2 aromatic rings. The minimum Gasteiger partial charge on any atom is -0.493 e. The van der Waals surface area contributed by atoms with Crippen LogP contribution in [0.15, 0.2) is 24.3 Å². The third-order valence-electron chi connectivity index (χ3n) is 4.48. The lowest BCUT2D eigenvalue weighted by atomic mass is 10.0. The van der Waals surface area contributed by atoms with Crippen LogP contribution in [0.4, 0.5) is 0 Å². The summed E-state index contributed by atoms with van der Waals surface area (Å²) in [6.07, 6.45) is 0.624. The summed E-state index contributed by atoms with van der Waals surface area (Å²) < 4.78 is 17.6. The van der Waals surface area contributed by atoms with Crippen LogP contribution in [0.25, 0.3) is 0 Å². The Bertz CT molecular complexity index is 846. The highest BCUT2D eigenvalue weighted by Crippen LogP contribution is 2.26. The van der Waals surface area contributed by atoms with Crippen molar-refractivity contribution in [3.63, 3.8) is 0 Å². The molecule has 0 unspecified atom stereocenters. The third kappa shape index (κ3) is 3.89. The van der Waals surface area contributed by atoms with Crippen molar-refractivity contribution in [1.29, 1.82) is 0 Å². The molecule has 0 saturated heterocycles. The molecule has 0 bridgehead atoms. The van der Waals surface area contributed by atoms with E-state index in [1.807, 2.05) is 12.1 Å². The van der Waals surface area contributed by atoms with E-state index in [-0.39, 0.29) is 24.8 Å². The summed E-state index contributed by atoms with van der Waals surface area (Å²) in [5.41, 5.74) is 1.97. The van der Waals surface area contributed by atoms with Gasteiger partial charge in [-0.2, -0.15) is 5.10 Å². The van der Waals surface area contributed by atoms with Crippen LogP contribution in [0.2, 0.25) is 0 Å². The Labute approximate surface area is 157 Å². The molecule has 1 aliphatic heterocycles. The molecule has 1 amide bonds. The van der Waals surface area contributed by atoms with Gasteiger partial charge in [-0.25, -0.2) is 4.79 Å². The Morgan fingerprint density at radius 2 is 1.96 bits per heavy atom. The maximum absolute atomic E-state index is 12.6. The number of aromatic nitrogens is 2. The number of aryl methyl sites for hydroxylation is 1. The number of hydrogen-bond donors (Lipinski definition) is 0. The van der Waals surface area contributed by atoms with Crippen molar-refractivity contribution in [2.75, 3.05) is 26.9 Å². The Morgan fingerprint density at radius 3 is 2.67 bits per heavy atom. The Balaban J connectivity index is 1.70. The third-order valence-corrected chi connectivity index (χ3v) is 4.48. The lowest BCUT2D eigenvalue weighted by Crippen LogP contribution is -2.39. The molecule has 1 aliphatic rings. The van der Waals surface area contributed by atoms with E-state index in [1.165, 1.54) is 0 Å². The number of nitrogens with zero attached hydrogens (tertiary/aromatic N) is 3. The van der Waals surface area contributed by atoms with Gasteiger partial charge >= 0.3 is 5.97 Å². The van der Waals surface area contributed by atoms with Gasteiger partial charge in [0.2, 0.25) is 0 Å². The first-order chi connectivity index (χ1) is 13.0. The van der Waals surface area contributed by atoms with Gasteiger partial charge in [0.05, 0.1) is 20.3 Å². The van der Waals surface area contributed by atoms with Gasteiger partial charge in [0.15, 0.2) is 23.8 Å². The van der Waals surface area contributed by atoms with Gasteiger partial charge in [0.25, 0.3) is 5.91 Å². The van der Waals surface area contributed by atoms with Crippen molar-refractivity contribution in [3.05, 3.63) is 41.2 Å². The van der Waals surface area contributed by atoms with Crippen LogP contribution in [0, 0.1) is 0 Å². The monoisotopic (exact) mass is 373 g/mol. The number of carbonyl (C=O) groups excluding carboxylic acids is 2. The molecule has 1 aromatic carbocycles. The fourth-order valence-electron chi connectivity index (χ4n) is 3.14. The summed E-state index contributed by atoms with van der Waals surface area (Å²) >= 11 is 0. The molecular formula is C19H23N3O5. The van der Waals surface area contributed by atoms with Crippen LogP contribution in [-0.4, -0.2) is 53.4 Å². The van der Waals surface area contributed by atoms with Crippen molar-refractivity contribution >= 4 is 11.9 Å². The average molecular weight is 373 g/mol. The molecule has 0 spiro atoms. The molecule has 8 heteroatoms. The van der Waals surface area contributed by atoms with Crippen molar-refractivity contribution in [2.45, 2.75) is 19.9 Å². The quantitative estimate of drug-likeness (QED) is 0.715. The van der Waals surface area contributed by atoms with Crippen molar-refractivity contribution in [2.24, 2.45) is 7.05 Å². The summed E-state index contributed by atoms with van der Waals surface area (Å²) in [6, 6.07) is 7.17. The number of ether oxygens (including phenoxy) is 3. The smallest absolute Gasteiger partial charge is 0.359 e. The van der Waals surface area contributed by atoms with Gasteiger partial charge in [0, 0.05) is 31.3 Å². The summed E-state index contributed by atoms with van der Waals surface area (Å²) in [6.45, 7) is 2.77. The van der Waals surface area contributed by atoms with Crippen LogP contribution in [0.1, 0.15) is 28.7 Å². The summed E-state index contributed by atoms with van der Waals surface area (Å²) in [5.74, 6) is 0.460. The number of carbonyl (C=O) groups is 2. The molecule has 144 valence electrons. The first-order valence-corrected chi connectivity index (χ1v) is 8.80. The number of benzene rings is 1. The second-order valence-electron chi connectivity index (χ2n) is 6.12. The van der Waals surface area contributed by atoms with Gasteiger partial charge in [-0.05, 0) is 19.1 Å². The molecule has 2 heterocycles. The molecule has 0 atom stereocenters. The van der Waals surface area contributed by atoms with Gasteiger partial charge in [-0.3, -0.25) is 9.48 Å². The highest BCUT2D eigenvalue weighted by Gasteiger charge is 2.30. The molecule has 8 nitrogen and oxygen atoms in total. The van der Waals surface area contributed by atoms with Crippen molar-refractivity contribution in [1.82, 2.24) is 14.7 Å². The number of methoxy groups -OCH3 is 1. The standard InChI is InChI=1S/C19H23N3O5/c1-4-26-19(24)18-13-11-22(10-9-14(13)21(2)20-18)17(23)12-27-16-8-6-5-7-15(16)25-3/h5-8H,4,9-12H2,1-3H3. The maximum Gasteiger partial charge on any atom is 0.359 e. The Hall–Kier alpha value is -3.03. The minimum atomic E-state index is -0.464. The molecule has 0 N–H and O–H groups in total. The average Bonchev–Trinajstić information content (AvgIpc) is 3.02. The fourth-order valence-corrected chi connectivity index (χ4v) is 3.14. The van der Waals surface area contributed by atoms with Crippen molar-refractivity contribution in [3.8, 4) is 11.5 Å². The first kappa shape index (κ1) is 18.8. The predicted octanol–water partition coefficient (Wildman–Crippen LogP) is 1.57. The van der Waals surface area contributed by atoms with Crippen LogP contribution < -0.4 is 9.47 Å². The normalized spacial score (nSPS) is 13.1. The minimum absolute atomic E-state index is 0.106. The summed E-state index contributed by atoms with van der Waals surface area (Å²) in [4.78, 5) is 26.4. The SMILES string of the molecule is CCOC(=O)c1nn(C)c2c1CN(C(=O)COc1ccccc1OC)CC2. The zero-order valence-corrected chi connectivity index (χ0v) is 15.7. The number of para-hydroxylation sites is 2. The van der Waals surface area contributed by atoms with E-state index in [0.717, 1.165) is 11.3 Å². The summed E-state index contributed by atoms with van der Waals surface area (Å²) in [5, 5.41) is 4.28. The van der Waals surface area contributed by atoms with Gasteiger partial charge in [-0.15, -0.1) is 0 Å². The van der Waals surface area contributed by atoms with E-state index < -0.39 is 5.97 Å². The van der Waals surface area contributed by atoms with E-state index in [9.17, 15) is 9.59 Å². The molecule has 0 fully saturated rings. The largest absolute Gasteiger partial charge is 0.493 e. The topological polar surface area (TPSA) is 82.9 Å². The lowest BCUT2D eigenvalue weighted by Gasteiger charge is -2.27. The molecule has 0 saturated carbocycles. The lowest BCUT2D eigenvalue weighted by molar-refractivity contribution is -0.134. The number of amides is 1. The molecule has 0 aliphatic carbocycles. The fraction of sp³-hybridized carbons (Fsp3) is 0.421. The number of rotatable bonds is 6. The van der Waals surface area contributed by atoms with Gasteiger partial charge in [0.1, 0.15) is 0 Å². The van der Waals surface area contributed by atoms with Crippen LogP contribution in [0.5, 0.6) is 11.5 Å². The number of esters is 1. The number of fused-ring (bicyclic) bond motifs is 1. The second kappa shape index (κ2) is 8.11. The highest BCUT2D eigenvalue weighted by molar-refractivity contribution is 5.89. The zero-order valence-electron chi connectivity index (χ0n) is 15.7. The van der Waals surface area contributed by atoms with E-state index in [2.05, 4.69) is 5.10 Å². The van der Waals surface area contributed by atoms with Crippen molar-refractivity contribution < 1.29 is 23.8 Å². The van der Waals surface area contributed by atoms with Gasteiger partial charge in [-0.1, -0.05) is 12.1 Å². The molecule has 0 radical (unpaired) electrons. The highest BCUT2D eigenvalue weighted by atomic mass is 16.5. The molecule has 27 heavy (non-hydrogen) atoms. The second-order valence-corrected chi connectivity index (χ2v) is 6.12. The zero-order chi connectivity index (χ0) is 19.4. The first-order valence-electron chi connectivity index (χ1n) is 8.80. The van der Waals surface area contributed by atoms with Crippen LogP contribution >= 0.6 is 0 Å². The van der Waals surface area contributed by atoms with Crippen LogP contribution in [-0.2, 0) is 29.5 Å².